The van der Waals surface area contributed by atoms with Crippen LogP contribution in [0.3, 0.4) is 0 Å². The van der Waals surface area contributed by atoms with E-state index in [0.29, 0.717) is 35.3 Å². The zero-order chi connectivity index (χ0) is 30.4. The summed E-state index contributed by atoms with van der Waals surface area (Å²) < 4.78 is 18.2. The van der Waals surface area contributed by atoms with Crippen molar-refractivity contribution in [3.63, 3.8) is 0 Å². The van der Waals surface area contributed by atoms with E-state index in [1.165, 1.54) is 12.5 Å². The van der Waals surface area contributed by atoms with Crippen molar-refractivity contribution in [2.45, 2.75) is 91.3 Å². The maximum Gasteiger partial charge on any atom is 0.338 e. The monoisotopic (exact) mass is 584 g/mol. The number of allylic oxidation sites excluding steroid dienone is 2. The Morgan fingerprint density at radius 2 is 1.49 bits per heavy atom. The number of rotatable bonds is 6. The van der Waals surface area contributed by atoms with Gasteiger partial charge in [-0.1, -0.05) is 50.2 Å². The van der Waals surface area contributed by atoms with Crippen LogP contribution < -0.4 is 0 Å². The molecular formula is C37H44O6. The van der Waals surface area contributed by atoms with E-state index in [1.54, 1.807) is 24.3 Å². The third kappa shape index (κ3) is 5.42. The van der Waals surface area contributed by atoms with Gasteiger partial charge in [-0.25, -0.2) is 9.59 Å². The lowest BCUT2D eigenvalue weighted by atomic mass is 9.48. The number of esters is 3. The van der Waals surface area contributed by atoms with Crippen LogP contribution in [0.2, 0.25) is 0 Å². The van der Waals surface area contributed by atoms with Gasteiger partial charge in [0.2, 0.25) is 0 Å². The van der Waals surface area contributed by atoms with Crippen LogP contribution in [0.15, 0.2) is 72.0 Å². The molecule has 6 rings (SSSR count). The second-order valence-corrected chi connectivity index (χ2v) is 13.8. The molecule has 6 nitrogen and oxygen atoms in total. The quantitative estimate of drug-likeness (QED) is 0.253. The lowest BCUT2D eigenvalue weighted by Gasteiger charge is -2.57. The number of hydrogen-bond acceptors (Lipinski definition) is 6. The molecule has 0 saturated heterocycles. The maximum atomic E-state index is 13.0. The Balaban J connectivity index is 1.24. The minimum Gasteiger partial charge on any atom is -0.459 e. The van der Waals surface area contributed by atoms with Gasteiger partial charge in [-0.2, -0.15) is 0 Å². The number of carbonyl (C=O) groups is 3. The molecule has 43 heavy (non-hydrogen) atoms. The fraction of sp³-hybridized carbons (Fsp3) is 0.541. The summed E-state index contributed by atoms with van der Waals surface area (Å²) in [5, 5.41) is 0. The summed E-state index contributed by atoms with van der Waals surface area (Å²) in [5.41, 5.74) is 2.25. The summed E-state index contributed by atoms with van der Waals surface area (Å²) in [5.74, 6) is 1.33. The normalized spacial score (nSPS) is 33.8. The first-order valence-corrected chi connectivity index (χ1v) is 16.0. The molecule has 0 aromatic heterocycles. The van der Waals surface area contributed by atoms with Crippen molar-refractivity contribution in [1.82, 2.24) is 0 Å². The second kappa shape index (κ2) is 11.6. The van der Waals surface area contributed by atoms with Gasteiger partial charge in [0.25, 0.3) is 0 Å². The number of hydrogen-bond donors (Lipinski definition) is 0. The van der Waals surface area contributed by atoms with Crippen LogP contribution in [0.4, 0.5) is 0 Å². The van der Waals surface area contributed by atoms with Gasteiger partial charge in [-0.3, -0.25) is 4.79 Å². The Hall–Kier alpha value is -3.41. The topological polar surface area (TPSA) is 78.9 Å². The Bertz CT molecular complexity index is 1400. The van der Waals surface area contributed by atoms with Gasteiger partial charge in [0, 0.05) is 19.3 Å². The summed E-state index contributed by atoms with van der Waals surface area (Å²) in [6.45, 7) is 8.21. The second-order valence-electron chi connectivity index (χ2n) is 13.8. The summed E-state index contributed by atoms with van der Waals surface area (Å²) >= 11 is 0. The van der Waals surface area contributed by atoms with Crippen LogP contribution in [0, 0.1) is 34.5 Å². The Morgan fingerprint density at radius 3 is 2.14 bits per heavy atom. The molecule has 0 spiro atoms. The smallest absolute Gasteiger partial charge is 0.338 e. The molecule has 0 aliphatic heterocycles. The number of ether oxygens (including phenoxy) is 3. The van der Waals surface area contributed by atoms with Gasteiger partial charge >= 0.3 is 17.9 Å². The lowest BCUT2D eigenvalue weighted by molar-refractivity contribution is -0.139. The average molecular weight is 585 g/mol. The van der Waals surface area contributed by atoms with Crippen molar-refractivity contribution in [2.75, 3.05) is 0 Å². The highest BCUT2D eigenvalue weighted by Crippen LogP contribution is 2.67. The zero-order valence-corrected chi connectivity index (χ0v) is 25.8. The fourth-order valence-corrected chi connectivity index (χ4v) is 9.51. The van der Waals surface area contributed by atoms with Crippen LogP contribution in [-0.2, 0) is 19.0 Å². The van der Waals surface area contributed by atoms with E-state index in [4.69, 9.17) is 14.2 Å². The number of carbonyl (C=O) groups excluding carboxylic acids is 3. The molecule has 0 heterocycles. The predicted molar refractivity (Wildman–Crippen MR) is 163 cm³/mol. The molecular weight excluding hydrogens is 540 g/mol. The van der Waals surface area contributed by atoms with Crippen molar-refractivity contribution in [3.05, 3.63) is 83.1 Å². The first kappa shape index (κ1) is 29.7. The molecule has 2 aromatic rings. The maximum absolute atomic E-state index is 13.0. The highest BCUT2D eigenvalue weighted by atomic mass is 16.5. The molecule has 4 aliphatic carbocycles. The third-order valence-corrected chi connectivity index (χ3v) is 11.5. The van der Waals surface area contributed by atoms with Crippen molar-refractivity contribution in [2.24, 2.45) is 34.5 Å². The van der Waals surface area contributed by atoms with Gasteiger partial charge in [0.05, 0.1) is 11.1 Å². The molecule has 0 N–H and O–H groups in total. The van der Waals surface area contributed by atoms with Crippen LogP contribution >= 0.6 is 0 Å². The molecule has 0 radical (unpaired) electrons. The minimum absolute atomic E-state index is 0.103. The van der Waals surface area contributed by atoms with Gasteiger partial charge in [0.15, 0.2) is 0 Å². The van der Waals surface area contributed by atoms with E-state index >= 15 is 0 Å². The van der Waals surface area contributed by atoms with E-state index in [2.05, 4.69) is 13.8 Å². The van der Waals surface area contributed by atoms with E-state index in [1.807, 2.05) is 43.3 Å². The molecule has 6 heteroatoms. The van der Waals surface area contributed by atoms with Crippen LogP contribution in [0.25, 0.3) is 0 Å². The zero-order valence-electron chi connectivity index (χ0n) is 25.8. The fourth-order valence-electron chi connectivity index (χ4n) is 9.51. The molecule has 2 aromatic carbocycles. The molecule has 4 aliphatic rings. The van der Waals surface area contributed by atoms with E-state index < -0.39 is 0 Å². The highest BCUT2D eigenvalue weighted by Gasteiger charge is 2.61. The van der Waals surface area contributed by atoms with Crippen LogP contribution in [-0.4, -0.2) is 30.1 Å². The van der Waals surface area contributed by atoms with E-state index in [9.17, 15) is 14.4 Å². The molecule has 0 amide bonds. The predicted octanol–water partition coefficient (Wildman–Crippen LogP) is 7.93. The SMILES string of the molecule is CC(=O)OC1=C2C(CCC3CC(OC(=O)c4ccccc4)CCC23C)C2CCC(C(C)OC(=O)c3ccccc3)C2(C)C1. The minimum atomic E-state index is -0.287. The number of fused-ring (bicyclic) bond motifs is 5. The average Bonchev–Trinajstić information content (AvgIpc) is 3.34. The largest absolute Gasteiger partial charge is 0.459 e. The number of benzene rings is 2. The van der Waals surface area contributed by atoms with Crippen LogP contribution in [0.5, 0.6) is 0 Å². The van der Waals surface area contributed by atoms with Gasteiger partial charge in [-0.05, 0) is 110 Å². The Labute approximate surface area is 255 Å². The molecule has 3 fully saturated rings. The van der Waals surface area contributed by atoms with Gasteiger partial charge in [-0.15, -0.1) is 0 Å². The van der Waals surface area contributed by atoms with Crippen molar-refractivity contribution < 1.29 is 28.6 Å². The van der Waals surface area contributed by atoms with E-state index in [-0.39, 0.29) is 46.9 Å². The first-order valence-electron chi connectivity index (χ1n) is 16.0. The van der Waals surface area contributed by atoms with Crippen molar-refractivity contribution >= 4 is 17.9 Å². The lowest BCUT2D eigenvalue weighted by Crippen LogP contribution is -2.51. The Kier molecular flexibility index (Phi) is 7.99. The third-order valence-electron chi connectivity index (χ3n) is 11.5. The molecule has 0 bridgehead atoms. The highest BCUT2D eigenvalue weighted by molar-refractivity contribution is 5.89. The molecule has 228 valence electrons. The summed E-state index contributed by atoms with van der Waals surface area (Å²) in [7, 11) is 0. The molecule has 8 unspecified atom stereocenters. The summed E-state index contributed by atoms with van der Waals surface area (Å²) in [6, 6.07) is 18.4. The van der Waals surface area contributed by atoms with Crippen LogP contribution in [0.1, 0.15) is 99.8 Å². The van der Waals surface area contributed by atoms with Crippen molar-refractivity contribution in [3.8, 4) is 0 Å². The standard InChI is InChI=1S/C37H44O6/c1-23(41-34(39)25-11-7-5-8-12-25)30-17-18-31-29-16-15-27-21-28(43-35(40)26-13-9-6-10-14-26)19-20-36(27,3)33(29)32(42-24(2)38)22-37(30,31)4/h5-14,23,27-31H,15-22H2,1-4H3. The van der Waals surface area contributed by atoms with Gasteiger partial charge < -0.3 is 14.2 Å². The Morgan fingerprint density at radius 1 is 0.837 bits per heavy atom. The van der Waals surface area contributed by atoms with E-state index in [0.717, 1.165) is 50.7 Å². The first-order chi connectivity index (χ1) is 20.6. The van der Waals surface area contributed by atoms with Crippen molar-refractivity contribution in [1.29, 1.82) is 0 Å². The summed E-state index contributed by atoms with van der Waals surface area (Å²) in [4.78, 5) is 38.3. The summed E-state index contributed by atoms with van der Waals surface area (Å²) in [6.07, 6.45) is 7.01. The molecule has 8 atom stereocenters. The van der Waals surface area contributed by atoms with Gasteiger partial charge in [0.1, 0.15) is 18.0 Å². The molecule has 3 saturated carbocycles.